The van der Waals surface area contributed by atoms with Crippen molar-refractivity contribution in [2.75, 3.05) is 39.6 Å². The molecule has 0 aromatic heterocycles. The van der Waals surface area contributed by atoms with Crippen molar-refractivity contribution in [3.63, 3.8) is 0 Å². The third-order valence-corrected chi connectivity index (χ3v) is 18.1. The van der Waals surface area contributed by atoms with Crippen LogP contribution in [0.1, 0.15) is 297 Å². The van der Waals surface area contributed by atoms with E-state index in [1.165, 1.54) is 51.4 Å². The molecule has 0 fully saturated rings. The van der Waals surface area contributed by atoms with Crippen molar-refractivity contribution >= 4 is 39.5 Å². The molecule has 0 saturated carbocycles. The van der Waals surface area contributed by atoms with Crippen LogP contribution in [0.4, 0.5) is 0 Å². The van der Waals surface area contributed by atoms with Gasteiger partial charge in [-0.15, -0.1) is 0 Å². The van der Waals surface area contributed by atoms with Gasteiger partial charge in [-0.05, 0) is 141 Å². The van der Waals surface area contributed by atoms with Crippen LogP contribution in [-0.4, -0.2) is 96.7 Å². The van der Waals surface area contributed by atoms with E-state index in [4.69, 9.17) is 37.0 Å². The largest absolute Gasteiger partial charge is 0.472 e. The number of esters is 4. The summed E-state index contributed by atoms with van der Waals surface area (Å²) in [6, 6.07) is 0. The van der Waals surface area contributed by atoms with Crippen molar-refractivity contribution in [2.45, 2.75) is 316 Å². The van der Waals surface area contributed by atoms with Crippen molar-refractivity contribution in [3.8, 4) is 0 Å². The molecule has 19 heteroatoms. The molecule has 0 radical (unpaired) electrons. The molecule has 0 rings (SSSR count). The Kier molecular flexibility index (Phi) is 73.5. The zero-order chi connectivity index (χ0) is 77.4. The average Bonchev–Trinajstić information content (AvgIpc) is 0.902. The van der Waals surface area contributed by atoms with Crippen molar-refractivity contribution in [3.05, 3.63) is 170 Å². The zero-order valence-electron chi connectivity index (χ0n) is 65.8. The molecular weight excluding hydrogens is 1380 g/mol. The third kappa shape index (κ3) is 76.6. The SMILES string of the molecule is CC/C=C\C/C=C\C/C=C\C/C=C\C/C=C\CCCC(=O)OCC(COP(=O)(O)OCC(O)COP(=O)(O)OCC(COC(=O)CCCCCCCC/C=C\C/C=C\C/C=C\C/C=C\CC)OC(=O)CCCCCCCCCCCCCCC)OC(=O)CCC/C=C\C/C=C\C/C=C\C/C=C\C/C=C\CC. The van der Waals surface area contributed by atoms with Crippen LogP contribution in [0, 0.1) is 0 Å². The Labute approximate surface area is 642 Å². The van der Waals surface area contributed by atoms with Gasteiger partial charge in [-0.2, -0.15) is 0 Å². The quantitative estimate of drug-likeness (QED) is 0.0169. The summed E-state index contributed by atoms with van der Waals surface area (Å²) in [4.78, 5) is 73.0. The third-order valence-electron chi connectivity index (χ3n) is 16.2. The summed E-state index contributed by atoms with van der Waals surface area (Å²) in [5.74, 6) is -2.33. The van der Waals surface area contributed by atoms with E-state index in [1.807, 2.05) is 24.3 Å². The summed E-state index contributed by atoms with van der Waals surface area (Å²) in [7, 11) is -10.0. The van der Waals surface area contributed by atoms with Gasteiger partial charge in [0.1, 0.15) is 19.3 Å². The number of carbonyl (C=O) groups excluding carboxylic acids is 4. The normalized spacial score (nSPS) is 14.7. The van der Waals surface area contributed by atoms with E-state index in [0.29, 0.717) is 38.5 Å². The predicted molar refractivity (Wildman–Crippen MR) is 436 cm³/mol. The Balaban J connectivity index is 5.47. The van der Waals surface area contributed by atoms with Gasteiger partial charge in [0.2, 0.25) is 0 Å². The van der Waals surface area contributed by atoms with E-state index in [2.05, 4.69) is 174 Å². The van der Waals surface area contributed by atoms with Gasteiger partial charge in [-0.1, -0.05) is 301 Å². The number of hydrogen-bond donors (Lipinski definition) is 3. The highest BCUT2D eigenvalue weighted by Gasteiger charge is 2.30. The van der Waals surface area contributed by atoms with Crippen molar-refractivity contribution < 1.29 is 80.2 Å². The van der Waals surface area contributed by atoms with E-state index >= 15 is 0 Å². The lowest BCUT2D eigenvalue weighted by molar-refractivity contribution is -0.161. The number of rotatable bonds is 74. The van der Waals surface area contributed by atoms with E-state index < -0.39 is 97.5 Å². The average molecular weight is 1520 g/mol. The maximum atomic E-state index is 13.1. The Hall–Kier alpha value is -5.58. The second kappa shape index (κ2) is 77.6. The van der Waals surface area contributed by atoms with Crippen molar-refractivity contribution in [1.82, 2.24) is 0 Å². The van der Waals surface area contributed by atoms with Gasteiger partial charge in [-0.25, -0.2) is 9.13 Å². The van der Waals surface area contributed by atoms with Gasteiger partial charge >= 0.3 is 39.5 Å². The second-order valence-electron chi connectivity index (χ2n) is 26.2. The van der Waals surface area contributed by atoms with E-state index in [9.17, 15) is 43.2 Å². The molecule has 0 aliphatic heterocycles. The first kappa shape index (κ1) is 100. The first-order chi connectivity index (χ1) is 51.7. The standard InChI is InChI=1S/C87H142O17P2/c1-5-9-13-17-21-25-29-33-36-39-40-43-45-49-52-56-60-64-68-72-85(90)97-77-82(103-86(91)73-69-65-61-57-53-47-32-28-24-20-16-12-8-4)79-101-105(93,94)99-75-81(88)76-100-106(95,96)102-80-83(104-87(92)74-70-66-62-58-54-50-46-42-38-35-31-27-23-19-15-11-7-3)78-98-84(89)71-67-63-59-55-51-48-44-41-37-34-30-26-22-18-14-10-6-2/h9-11,13-15,21-23,25-27,33-38,40,43-44,46,48,50,55,58-59,62,81-83,88H,5-8,12,16-20,24,28-32,39,41-42,45,47,49,51-54,56-57,60-61,63-80H2,1-4H3,(H,93,94)(H,95,96)/b13-9-,14-10-,15-11-,25-21-,26-22-,27-23-,36-33-,37-34-,38-35-,43-40-,48-44-,50-46-,59-55-,62-58-. The zero-order valence-corrected chi connectivity index (χ0v) is 67.6. The Morgan fingerprint density at radius 1 is 0.274 bits per heavy atom. The molecule has 0 amide bonds. The molecule has 0 aromatic carbocycles. The molecule has 5 atom stereocenters. The Bertz CT molecular complexity index is 2680. The highest BCUT2D eigenvalue weighted by Crippen LogP contribution is 2.45. The minimum Gasteiger partial charge on any atom is -0.462 e. The number of allylic oxidation sites excluding steroid dienone is 28. The summed E-state index contributed by atoms with van der Waals surface area (Å²) < 4.78 is 68.5. The minimum atomic E-state index is -5.01. The number of ether oxygens (including phenoxy) is 4. The van der Waals surface area contributed by atoms with Crippen molar-refractivity contribution in [1.29, 1.82) is 0 Å². The highest BCUT2D eigenvalue weighted by molar-refractivity contribution is 7.47. The first-order valence-electron chi connectivity index (χ1n) is 40.4. The monoisotopic (exact) mass is 1520 g/mol. The summed E-state index contributed by atoms with van der Waals surface area (Å²) in [6.07, 6.45) is 92.0. The number of phosphoric ester groups is 2. The molecule has 0 bridgehead atoms. The number of aliphatic hydroxyl groups excluding tert-OH is 1. The Morgan fingerprint density at radius 3 is 0.802 bits per heavy atom. The topological polar surface area (TPSA) is 237 Å². The number of unbranched alkanes of at least 4 members (excludes halogenated alkanes) is 20. The summed E-state index contributed by atoms with van der Waals surface area (Å²) in [6.45, 7) is 4.39. The van der Waals surface area contributed by atoms with Gasteiger partial charge in [-0.3, -0.25) is 37.3 Å². The fraction of sp³-hybridized carbons (Fsp3) is 0.632. The fourth-order valence-corrected chi connectivity index (χ4v) is 11.7. The van der Waals surface area contributed by atoms with E-state index in [0.717, 1.165) is 154 Å². The number of phosphoric acid groups is 2. The fourth-order valence-electron chi connectivity index (χ4n) is 10.2. The molecule has 0 aliphatic rings. The lowest BCUT2D eigenvalue weighted by atomic mass is 10.0. The molecule has 0 heterocycles. The number of aliphatic hydroxyl groups is 1. The minimum absolute atomic E-state index is 0.00142. The van der Waals surface area contributed by atoms with Crippen molar-refractivity contribution in [2.24, 2.45) is 0 Å². The van der Waals surface area contributed by atoms with Crippen LogP contribution < -0.4 is 0 Å². The predicted octanol–water partition coefficient (Wildman–Crippen LogP) is 23.8. The molecule has 0 spiro atoms. The molecule has 106 heavy (non-hydrogen) atoms. The van der Waals surface area contributed by atoms with E-state index in [1.54, 1.807) is 0 Å². The molecule has 17 nitrogen and oxygen atoms in total. The molecule has 3 N–H and O–H groups in total. The molecular formula is C87H142O17P2. The van der Waals surface area contributed by atoms with Gasteiger partial charge in [0.25, 0.3) is 0 Å². The molecule has 0 aromatic rings. The smallest absolute Gasteiger partial charge is 0.462 e. The highest BCUT2D eigenvalue weighted by atomic mass is 31.2. The maximum absolute atomic E-state index is 13.1. The lowest BCUT2D eigenvalue weighted by Gasteiger charge is -2.21. The van der Waals surface area contributed by atoms with Crippen LogP contribution in [0.5, 0.6) is 0 Å². The van der Waals surface area contributed by atoms with Crippen LogP contribution in [-0.2, 0) is 65.4 Å². The summed E-state index contributed by atoms with van der Waals surface area (Å²) in [5.41, 5.74) is 0. The van der Waals surface area contributed by atoms with Crippen LogP contribution in [0.3, 0.4) is 0 Å². The number of carbonyl (C=O) groups is 4. The van der Waals surface area contributed by atoms with E-state index in [-0.39, 0.29) is 25.7 Å². The molecule has 602 valence electrons. The van der Waals surface area contributed by atoms with Crippen LogP contribution in [0.25, 0.3) is 0 Å². The van der Waals surface area contributed by atoms with Gasteiger partial charge in [0.05, 0.1) is 26.4 Å². The summed E-state index contributed by atoms with van der Waals surface area (Å²) in [5, 5.41) is 10.6. The summed E-state index contributed by atoms with van der Waals surface area (Å²) >= 11 is 0. The first-order valence-corrected chi connectivity index (χ1v) is 43.4. The van der Waals surface area contributed by atoms with Crippen LogP contribution in [0.2, 0.25) is 0 Å². The number of hydrogen-bond acceptors (Lipinski definition) is 15. The molecule has 0 saturated heterocycles. The second-order valence-corrected chi connectivity index (χ2v) is 29.1. The van der Waals surface area contributed by atoms with Gasteiger partial charge < -0.3 is 33.8 Å². The van der Waals surface area contributed by atoms with Crippen LogP contribution >= 0.6 is 15.6 Å². The van der Waals surface area contributed by atoms with Gasteiger partial charge in [0, 0.05) is 25.7 Å². The lowest BCUT2D eigenvalue weighted by Crippen LogP contribution is -2.30. The maximum Gasteiger partial charge on any atom is 0.472 e. The molecule has 5 unspecified atom stereocenters. The van der Waals surface area contributed by atoms with Crippen LogP contribution in [0.15, 0.2) is 170 Å². The molecule has 0 aliphatic carbocycles. The van der Waals surface area contributed by atoms with Gasteiger partial charge in [0.15, 0.2) is 12.2 Å². The Morgan fingerprint density at radius 2 is 0.500 bits per heavy atom.